The van der Waals surface area contributed by atoms with Crippen molar-refractivity contribution in [1.82, 2.24) is 0 Å². The maximum atomic E-state index is 12.9. The molecule has 3 rings (SSSR count). The van der Waals surface area contributed by atoms with Gasteiger partial charge < -0.3 is 9.84 Å². The van der Waals surface area contributed by atoms with Gasteiger partial charge in [0.1, 0.15) is 0 Å². The lowest BCUT2D eigenvalue weighted by atomic mass is 9.52. The smallest absolute Gasteiger partial charge is 0.310 e. The zero-order valence-corrected chi connectivity index (χ0v) is 15.0. The zero-order chi connectivity index (χ0) is 18.7. The number of carbonyl (C=O) groups excluding carboxylic acids is 1. The van der Waals surface area contributed by atoms with Crippen molar-refractivity contribution in [3.05, 3.63) is 71.8 Å². The van der Waals surface area contributed by atoms with Crippen LogP contribution in [-0.2, 0) is 14.3 Å². The van der Waals surface area contributed by atoms with Gasteiger partial charge in [-0.05, 0) is 24.5 Å². The minimum atomic E-state index is -0.875. The molecular formula is C22H24O4. The first-order valence-corrected chi connectivity index (χ1v) is 9.07. The summed E-state index contributed by atoms with van der Waals surface area (Å²) in [5.41, 5.74) is 1.75. The lowest BCUT2D eigenvalue weighted by Crippen LogP contribution is -2.51. The Hall–Kier alpha value is -2.62. The van der Waals surface area contributed by atoms with E-state index in [4.69, 9.17) is 4.74 Å². The van der Waals surface area contributed by atoms with Gasteiger partial charge in [-0.25, -0.2) is 0 Å². The molecular weight excluding hydrogens is 328 g/mol. The van der Waals surface area contributed by atoms with Crippen LogP contribution in [0.15, 0.2) is 60.7 Å². The van der Waals surface area contributed by atoms with Crippen molar-refractivity contribution in [1.29, 1.82) is 0 Å². The van der Waals surface area contributed by atoms with E-state index in [2.05, 4.69) is 0 Å². The molecule has 5 atom stereocenters. The maximum Gasteiger partial charge on any atom is 0.310 e. The molecule has 26 heavy (non-hydrogen) atoms. The Morgan fingerprint density at radius 2 is 1.38 bits per heavy atom. The number of carboxylic acids is 1. The molecule has 1 aliphatic carbocycles. The summed E-state index contributed by atoms with van der Waals surface area (Å²) >= 11 is 0. The van der Waals surface area contributed by atoms with Crippen LogP contribution in [0.25, 0.3) is 0 Å². The van der Waals surface area contributed by atoms with Crippen LogP contribution < -0.4 is 0 Å². The molecule has 0 heterocycles. The highest BCUT2D eigenvalue weighted by Gasteiger charge is 2.59. The number of benzene rings is 2. The third-order valence-corrected chi connectivity index (χ3v) is 5.37. The standard InChI is InChI=1S/C22H24O4/c1-3-14(2)26-22(25)20-17(15-10-6-4-7-11-15)19(21(23)24)18(20)16-12-8-5-9-13-16/h4-14,17-20H,3H2,1-2H3,(H,23,24)/t14-,17-,18+,19?,20?/m0/s1. The summed E-state index contributed by atoms with van der Waals surface area (Å²) < 4.78 is 5.60. The molecule has 0 aromatic heterocycles. The van der Waals surface area contributed by atoms with Gasteiger partial charge in [0.2, 0.25) is 0 Å². The predicted octanol–water partition coefficient (Wildman–Crippen LogP) is 4.23. The summed E-state index contributed by atoms with van der Waals surface area (Å²) in [6.45, 7) is 3.82. The summed E-state index contributed by atoms with van der Waals surface area (Å²) in [5, 5.41) is 9.87. The monoisotopic (exact) mass is 352 g/mol. The van der Waals surface area contributed by atoms with Crippen molar-refractivity contribution in [3.8, 4) is 0 Å². The van der Waals surface area contributed by atoms with Gasteiger partial charge in [0.25, 0.3) is 0 Å². The molecule has 136 valence electrons. The van der Waals surface area contributed by atoms with Crippen LogP contribution in [0, 0.1) is 11.8 Å². The molecule has 0 spiro atoms. The molecule has 2 unspecified atom stereocenters. The molecule has 1 aliphatic rings. The number of rotatable bonds is 6. The first kappa shape index (κ1) is 18.2. The van der Waals surface area contributed by atoms with E-state index >= 15 is 0 Å². The minimum absolute atomic E-state index is 0.181. The minimum Gasteiger partial charge on any atom is -0.481 e. The lowest BCUT2D eigenvalue weighted by Gasteiger charge is -2.49. The Kier molecular flexibility index (Phi) is 5.40. The number of hydrogen-bond acceptors (Lipinski definition) is 3. The Balaban J connectivity index is 2.00. The van der Waals surface area contributed by atoms with Crippen LogP contribution in [0.5, 0.6) is 0 Å². The van der Waals surface area contributed by atoms with Gasteiger partial charge in [0.05, 0.1) is 17.9 Å². The average molecular weight is 352 g/mol. The van der Waals surface area contributed by atoms with Crippen LogP contribution >= 0.6 is 0 Å². The van der Waals surface area contributed by atoms with E-state index in [-0.39, 0.29) is 23.9 Å². The third kappa shape index (κ3) is 3.36. The molecule has 0 radical (unpaired) electrons. The molecule has 0 saturated heterocycles. The van der Waals surface area contributed by atoms with Gasteiger partial charge in [0.15, 0.2) is 0 Å². The Labute approximate surface area is 153 Å². The molecule has 4 nitrogen and oxygen atoms in total. The van der Waals surface area contributed by atoms with Crippen molar-refractivity contribution in [2.45, 2.75) is 38.2 Å². The summed E-state index contributed by atoms with van der Waals surface area (Å²) in [5.74, 6) is -3.07. The number of carboxylic acid groups (broad SMARTS) is 1. The highest BCUT2D eigenvalue weighted by atomic mass is 16.5. The van der Waals surface area contributed by atoms with Crippen LogP contribution in [0.2, 0.25) is 0 Å². The highest BCUT2D eigenvalue weighted by molar-refractivity contribution is 5.84. The van der Waals surface area contributed by atoms with Crippen molar-refractivity contribution in [2.24, 2.45) is 11.8 Å². The number of carbonyl (C=O) groups is 2. The first-order valence-electron chi connectivity index (χ1n) is 9.07. The highest BCUT2D eigenvalue weighted by Crippen LogP contribution is 2.58. The summed E-state index contributed by atoms with van der Waals surface area (Å²) in [6.07, 6.45) is 0.548. The van der Waals surface area contributed by atoms with E-state index in [1.807, 2.05) is 74.5 Å². The topological polar surface area (TPSA) is 63.6 Å². The van der Waals surface area contributed by atoms with Gasteiger partial charge in [-0.3, -0.25) is 9.59 Å². The molecule has 1 N–H and O–H groups in total. The molecule has 2 aromatic rings. The van der Waals surface area contributed by atoms with E-state index < -0.39 is 17.8 Å². The largest absolute Gasteiger partial charge is 0.481 e. The van der Waals surface area contributed by atoms with Crippen LogP contribution in [-0.4, -0.2) is 23.1 Å². The molecule has 1 saturated carbocycles. The van der Waals surface area contributed by atoms with Crippen molar-refractivity contribution in [3.63, 3.8) is 0 Å². The van der Waals surface area contributed by atoms with Crippen LogP contribution in [0.4, 0.5) is 0 Å². The van der Waals surface area contributed by atoms with E-state index in [9.17, 15) is 14.7 Å². The number of aliphatic carboxylic acids is 1. The van der Waals surface area contributed by atoms with Crippen molar-refractivity contribution < 1.29 is 19.4 Å². The first-order chi connectivity index (χ1) is 12.5. The normalized spacial score (nSPS) is 25.8. The fraction of sp³-hybridized carbons (Fsp3) is 0.364. The molecule has 2 aromatic carbocycles. The van der Waals surface area contributed by atoms with Crippen LogP contribution in [0.3, 0.4) is 0 Å². The quantitative estimate of drug-likeness (QED) is 0.791. The van der Waals surface area contributed by atoms with E-state index in [0.717, 1.165) is 17.5 Å². The van der Waals surface area contributed by atoms with Crippen LogP contribution in [0.1, 0.15) is 43.2 Å². The molecule has 1 fully saturated rings. The number of hydrogen-bond donors (Lipinski definition) is 1. The summed E-state index contributed by atoms with van der Waals surface area (Å²) in [7, 11) is 0. The zero-order valence-electron chi connectivity index (χ0n) is 15.0. The van der Waals surface area contributed by atoms with Crippen molar-refractivity contribution >= 4 is 11.9 Å². The van der Waals surface area contributed by atoms with Gasteiger partial charge in [-0.15, -0.1) is 0 Å². The van der Waals surface area contributed by atoms with E-state index in [1.54, 1.807) is 0 Å². The Morgan fingerprint density at radius 1 is 0.923 bits per heavy atom. The molecule has 0 aliphatic heterocycles. The summed E-state index contributed by atoms with van der Waals surface area (Å²) in [6, 6.07) is 18.9. The fourth-order valence-electron chi connectivity index (χ4n) is 3.89. The van der Waals surface area contributed by atoms with Gasteiger partial charge in [0, 0.05) is 11.8 Å². The third-order valence-electron chi connectivity index (χ3n) is 5.37. The SMILES string of the molecule is CC[C@H](C)OC(=O)C1[C@H](c2ccccc2)C(C(=O)O)[C@@H]1c1ccccc1. The average Bonchev–Trinajstić information content (AvgIpc) is 2.62. The Bertz CT molecular complexity index is 709. The Morgan fingerprint density at radius 3 is 1.77 bits per heavy atom. The van der Waals surface area contributed by atoms with Gasteiger partial charge >= 0.3 is 11.9 Å². The van der Waals surface area contributed by atoms with Gasteiger partial charge in [-0.1, -0.05) is 67.6 Å². The predicted molar refractivity (Wildman–Crippen MR) is 98.8 cm³/mol. The van der Waals surface area contributed by atoms with Crippen molar-refractivity contribution in [2.75, 3.05) is 0 Å². The molecule has 4 heteroatoms. The second-order valence-corrected chi connectivity index (χ2v) is 6.92. The van der Waals surface area contributed by atoms with E-state index in [0.29, 0.717) is 0 Å². The maximum absolute atomic E-state index is 12.9. The second kappa shape index (κ2) is 7.73. The van der Waals surface area contributed by atoms with Gasteiger partial charge in [-0.2, -0.15) is 0 Å². The second-order valence-electron chi connectivity index (χ2n) is 6.92. The fourth-order valence-corrected chi connectivity index (χ4v) is 3.89. The number of esters is 1. The molecule has 0 bridgehead atoms. The van der Waals surface area contributed by atoms with E-state index in [1.165, 1.54) is 0 Å². The molecule has 0 amide bonds. The summed E-state index contributed by atoms with van der Waals surface area (Å²) in [4.78, 5) is 25.0. The number of ether oxygens (including phenoxy) is 1. The lowest BCUT2D eigenvalue weighted by molar-refractivity contribution is -0.167.